The van der Waals surface area contributed by atoms with Gasteiger partial charge in [0.2, 0.25) is 23.6 Å². The number of carboxylic acids is 1. The minimum Gasteiger partial charge on any atom is -0.508 e. The molecule has 266 valence electrons. The van der Waals surface area contributed by atoms with Crippen LogP contribution in [0.15, 0.2) is 109 Å². The van der Waals surface area contributed by atoms with Crippen LogP contribution >= 0.6 is 0 Å². The normalized spacial score (nSPS) is 13.1. The van der Waals surface area contributed by atoms with E-state index in [-0.39, 0.29) is 37.2 Å². The molecule has 4 aromatic rings. The van der Waals surface area contributed by atoms with Gasteiger partial charge in [-0.15, -0.1) is 0 Å². The van der Waals surface area contributed by atoms with Gasteiger partial charge in [0.25, 0.3) is 0 Å². The quantitative estimate of drug-likeness (QED) is 0.0798. The van der Waals surface area contributed by atoms with Crippen molar-refractivity contribution in [2.75, 3.05) is 6.54 Å². The zero-order chi connectivity index (χ0) is 36.8. The summed E-state index contributed by atoms with van der Waals surface area (Å²) >= 11 is 0. The first-order valence-electron chi connectivity index (χ1n) is 16.3. The molecule has 13 heteroatoms. The summed E-state index contributed by atoms with van der Waals surface area (Å²) in [7, 11) is 0. The van der Waals surface area contributed by atoms with Crippen LogP contribution in [0, 0.1) is 0 Å². The summed E-state index contributed by atoms with van der Waals surface area (Å²) in [4.78, 5) is 65.1. The first-order valence-corrected chi connectivity index (χ1v) is 16.3. The first-order chi connectivity index (χ1) is 24.5. The van der Waals surface area contributed by atoms with Gasteiger partial charge in [0.15, 0.2) is 0 Å². The number of carboxylic acid groups (broad SMARTS) is 1. The molecule has 4 rings (SSSR count). The number of aromatic hydroxyl groups is 2. The number of nitrogens with one attached hydrogen (secondary N) is 4. The number of phenols is 2. The molecule has 0 aromatic heterocycles. The van der Waals surface area contributed by atoms with Crippen molar-refractivity contribution in [2.45, 2.75) is 49.9 Å². The molecule has 0 saturated heterocycles. The highest BCUT2D eigenvalue weighted by molar-refractivity contribution is 5.94. The first kappa shape index (κ1) is 37.6. The molecule has 4 amide bonds. The molecule has 51 heavy (non-hydrogen) atoms. The van der Waals surface area contributed by atoms with Gasteiger partial charge >= 0.3 is 5.97 Å². The highest BCUT2D eigenvalue weighted by atomic mass is 16.4. The number of carbonyl (C=O) groups excluding carboxylic acids is 4. The number of benzene rings is 4. The SMILES string of the molecule is N[C@H](Cc1ccccc1)C(=O)N[C@H](Cc1ccc(O)cc1)C(=O)NCC(=O)N[C@H](Cc1ccc(O)cc1)C(=O)N[C@H](Cc1ccccc1)C(=O)O. The molecule has 9 N–H and O–H groups in total. The van der Waals surface area contributed by atoms with Crippen LogP contribution in [0.2, 0.25) is 0 Å². The maximum Gasteiger partial charge on any atom is 0.326 e. The van der Waals surface area contributed by atoms with E-state index in [0.29, 0.717) is 16.7 Å². The highest BCUT2D eigenvalue weighted by Gasteiger charge is 2.29. The van der Waals surface area contributed by atoms with Crippen LogP contribution < -0.4 is 27.0 Å². The third-order valence-corrected chi connectivity index (χ3v) is 7.99. The number of phenolic OH excluding ortho intramolecular Hbond substituents is 2. The van der Waals surface area contributed by atoms with Crippen molar-refractivity contribution in [2.24, 2.45) is 5.73 Å². The third-order valence-electron chi connectivity index (χ3n) is 7.99. The van der Waals surface area contributed by atoms with E-state index in [1.165, 1.54) is 24.3 Å². The van der Waals surface area contributed by atoms with E-state index in [0.717, 1.165) is 5.56 Å². The van der Waals surface area contributed by atoms with E-state index in [1.807, 2.05) is 30.3 Å². The topological polar surface area (TPSA) is 220 Å². The van der Waals surface area contributed by atoms with Crippen LogP contribution in [0.3, 0.4) is 0 Å². The maximum atomic E-state index is 13.4. The summed E-state index contributed by atoms with van der Waals surface area (Å²) in [5.74, 6) is -4.06. The van der Waals surface area contributed by atoms with Gasteiger partial charge in [-0.25, -0.2) is 4.79 Å². The molecule has 4 aromatic carbocycles. The summed E-state index contributed by atoms with van der Waals surface area (Å²) in [6, 6.07) is 25.2. The van der Waals surface area contributed by atoms with Crippen molar-refractivity contribution < 1.29 is 39.3 Å². The van der Waals surface area contributed by atoms with E-state index < -0.39 is 60.3 Å². The average molecular weight is 696 g/mol. The van der Waals surface area contributed by atoms with Gasteiger partial charge in [-0.05, 0) is 52.9 Å². The molecule has 13 nitrogen and oxygen atoms in total. The molecule has 0 bridgehead atoms. The monoisotopic (exact) mass is 695 g/mol. The molecule has 0 aliphatic rings. The molecular formula is C38H41N5O8. The Labute approximate surface area is 294 Å². The molecule has 0 radical (unpaired) electrons. The van der Waals surface area contributed by atoms with Gasteiger partial charge in [0.05, 0.1) is 12.6 Å². The molecule has 4 atom stereocenters. The van der Waals surface area contributed by atoms with Crippen LogP contribution in [0.5, 0.6) is 11.5 Å². The van der Waals surface area contributed by atoms with Crippen LogP contribution in [-0.2, 0) is 49.7 Å². The number of hydrogen-bond acceptors (Lipinski definition) is 8. The molecule has 0 aliphatic carbocycles. The molecule has 0 aliphatic heterocycles. The highest BCUT2D eigenvalue weighted by Crippen LogP contribution is 2.14. The second-order valence-corrected chi connectivity index (χ2v) is 12.0. The lowest BCUT2D eigenvalue weighted by atomic mass is 10.0. The van der Waals surface area contributed by atoms with Gasteiger partial charge in [0, 0.05) is 19.3 Å². The lowest BCUT2D eigenvalue weighted by Gasteiger charge is -2.23. The lowest BCUT2D eigenvalue weighted by Crippen LogP contribution is -2.56. The largest absolute Gasteiger partial charge is 0.508 e. The Bertz CT molecular complexity index is 1770. The van der Waals surface area contributed by atoms with Crippen LogP contribution in [0.4, 0.5) is 0 Å². The van der Waals surface area contributed by atoms with E-state index >= 15 is 0 Å². The fourth-order valence-electron chi connectivity index (χ4n) is 5.25. The van der Waals surface area contributed by atoms with Crippen molar-refractivity contribution in [1.29, 1.82) is 0 Å². The van der Waals surface area contributed by atoms with Crippen molar-refractivity contribution in [3.8, 4) is 11.5 Å². The molecular weight excluding hydrogens is 654 g/mol. The molecule has 0 unspecified atom stereocenters. The molecule has 0 spiro atoms. The summed E-state index contributed by atoms with van der Waals surface area (Å²) in [5, 5.41) is 39.4. The van der Waals surface area contributed by atoms with Crippen molar-refractivity contribution in [3.63, 3.8) is 0 Å². The zero-order valence-corrected chi connectivity index (χ0v) is 27.7. The molecule has 0 fully saturated rings. The van der Waals surface area contributed by atoms with Crippen molar-refractivity contribution >= 4 is 29.6 Å². The Balaban J connectivity index is 1.44. The Morgan fingerprint density at radius 1 is 0.510 bits per heavy atom. The van der Waals surface area contributed by atoms with Gasteiger partial charge in [-0.3, -0.25) is 19.2 Å². The number of rotatable bonds is 17. The number of hydrogen-bond donors (Lipinski definition) is 8. The predicted octanol–water partition coefficient (Wildman–Crippen LogP) is 1.35. The predicted molar refractivity (Wildman–Crippen MR) is 188 cm³/mol. The smallest absolute Gasteiger partial charge is 0.326 e. The van der Waals surface area contributed by atoms with E-state index in [9.17, 15) is 39.3 Å². The van der Waals surface area contributed by atoms with Gasteiger partial charge in [-0.1, -0.05) is 84.9 Å². The Kier molecular flexibility index (Phi) is 13.7. The van der Waals surface area contributed by atoms with Crippen LogP contribution in [0.1, 0.15) is 22.3 Å². The minimum absolute atomic E-state index is 0.000984. The Hall–Kier alpha value is -6.21. The fourth-order valence-corrected chi connectivity index (χ4v) is 5.25. The summed E-state index contributed by atoms with van der Waals surface area (Å²) in [6.45, 7) is -0.581. The van der Waals surface area contributed by atoms with Crippen molar-refractivity contribution in [1.82, 2.24) is 21.3 Å². The number of amides is 4. The van der Waals surface area contributed by atoms with E-state index in [4.69, 9.17) is 5.73 Å². The minimum atomic E-state index is -1.30. The summed E-state index contributed by atoms with van der Waals surface area (Å²) in [6.07, 6.45) is 0.186. The maximum absolute atomic E-state index is 13.4. The number of aliphatic carboxylic acids is 1. The second kappa shape index (κ2) is 18.5. The third kappa shape index (κ3) is 12.3. The summed E-state index contributed by atoms with van der Waals surface area (Å²) < 4.78 is 0. The Morgan fingerprint density at radius 2 is 0.922 bits per heavy atom. The van der Waals surface area contributed by atoms with Crippen LogP contribution in [-0.4, -0.2) is 75.6 Å². The fraction of sp³-hybridized carbons (Fsp3) is 0.237. The number of carbonyl (C=O) groups is 5. The molecule has 0 heterocycles. The van der Waals surface area contributed by atoms with E-state index in [2.05, 4.69) is 21.3 Å². The standard InChI is InChI=1S/C38H41N5O8/c39-30(19-24-7-3-1-4-8-24)35(47)42-31(20-26-11-15-28(44)16-12-26)36(48)40-23-34(46)41-32(21-27-13-17-29(45)18-14-27)37(49)43-33(38(50)51)22-25-9-5-2-6-10-25/h1-18,30-33,44-45H,19-23,39H2,(H,40,48)(H,41,46)(H,42,47)(H,43,49)(H,50,51)/t30-,31-,32-,33-/m1/s1. The lowest BCUT2D eigenvalue weighted by molar-refractivity contribution is -0.142. The summed E-state index contributed by atoms with van der Waals surface area (Å²) in [5.41, 5.74) is 8.85. The van der Waals surface area contributed by atoms with E-state index in [1.54, 1.807) is 54.6 Å². The average Bonchev–Trinajstić information content (AvgIpc) is 3.12. The van der Waals surface area contributed by atoms with Crippen LogP contribution in [0.25, 0.3) is 0 Å². The second-order valence-electron chi connectivity index (χ2n) is 12.0. The van der Waals surface area contributed by atoms with Gasteiger partial charge in [0.1, 0.15) is 29.6 Å². The van der Waals surface area contributed by atoms with Gasteiger partial charge in [-0.2, -0.15) is 0 Å². The zero-order valence-electron chi connectivity index (χ0n) is 27.7. The van der Waals surface area contributed by atoms with Crippen molar-refractivity contribution in [3.05, 3.63) is 131 Å². The molecule has 0 saturated carbocycles. The van der Waals surface area contributed by atoms with Gasteiger partial charge < -0.3 is 42.3 Å². The number of nitrogens with two attached hydrogens (primary N) is 1. The Morgan fingerprint density at radius 3 is 1.41 bits per heavy atom.